The average molecular weight is 393 g/mol. The van der Waals surface area contributed by atoms with Crippen molar-refractivity contribution >= 4 is 17.3 Å². The molecular weight excluding hydrogens is 368 g/mol. The molecule has 1 saturated heterocycles. The van der Waals surface area contributed by atoms with Gasteiger partial charge in [0.1, 0.15) is 5.76 Å². The number of pyridine rings is 1. The highest BCUT2D eigenvalue weighted by atomic mass is 32.1. The van der Waals surface area contributed by atoms with E-state index in [1.165, 1.54) is 31.4 Å². The second kappa shape index (κ2) is 7.43. The average Bonchev–Trinajstić information content (AvgIpc) is 3.51. The Morgan fingerprint density at radius 2 is 2.00 bits per heavy atom. The van der Waals surface area contributed by atoms with Crippen molar-refractivity contribution in [1.29, 1.82) is 0 Å². The molecule has 0 unspecified atom stereocenters. The molecule has 0 aromatic carbocycles. The minimum Gasteiger partial charge on any atom is -0.467 e. The summed E-state index contributed by atoms with van der Waals surface area (Å²) in [6, 6.07) is 15.1. The van der Waals surface area contributed by atoms with Crippen LogP contribution in [0, 0.1) is 0 Å². The van der Waals surface area contributed by atoms with E-state index in [0.717, 1.165) is 16.6 Å². The van der Waals surface area contributed by atoms with Gasteiger partial charge in [0.15, 0.2) is 5.11 Å². The molecule has 1 aliphatic heterocycles. The summed E-state index contributed by atoms with van der Waals surface area (Å²) in [4.78, 5) is 6.88. The number of furan rings is 1. The SMILES string of the molecule is S=C1N[C@H](c2ccccn2)[C@@H](c2cccn2C2CCCC2)N1Cc1ccco1. The normalized spacial score (nSPS) is 22.7. The second-order valence-corrected chi connectivity index (χ2v) is 8.00. The molecule has 4 heterocycles. The fourth-order valence-corrected chi connectivity index (χ4v) is 4.95. The molecular formula is C22H24N4OS. The Kier molecular flexibility index (Phi) is 4.64. The van der Waals surface area contributed by atoms with E-state index in [1.807, 2.05) is 30.5 Å². The molecule has 0 bridgehead atoms. The fourth-order valence-electron chi connectivity index (χ4n) is 4.64. The summed E-state index contributed by atoms with van der Waals surface area (Å²) < 4.78 is 8.10. The van der Waals surface area contributed by atoms with Gasteiger partial charge in [-0.05, 0) is 61.5 Å². The molecule has 1 saturated carbocycles. The van der Waals surface area contributed by atoms with Gasteiger partial charge in [0.25, 0.3) is 0 Å². The van der Waals surface area contributed by atoms with Crippen LogP contribution in [-0.2, 0) is 6.54 Å². The Morgan fingerprint density at radius 3 is 2.75 bits per heavy atom. The van der Waals surface area contributed by atoms with Gasteiger partial charge in [0.05, 0.1) is 30.6 Å². The van der Waals surface area contributed by atoms with Crippen molar-refractivity contribution in [3.8, 4) is 0 Å². The van der Waals surface area contributed by atoms with E-state index in [0.29, 0.717) is 12.6 Å². The summed E-state index contributed by atoms with van der Waals surface area (Å²) in [5, 5.41) is 4.28. The first-order valence-corrected chi connectivity index (χ1v) is 10.4. The minimum absolute atomic E-state index is 0.0127. The Balaban J connectivity index is 1.56. The molecule has 0 spiro atoms. The van der Waals surface area contributed by atoms with Crippen molar-refractivity contribution in [2.45, 2.75) is 50.4 Å². The number of hydrogen-bond donors (Lipinski definition) is 1. The lowest BCUT2D eigenvalue weighted by atomic mass is 10.0. The summed E-state index contributed by atoms with van der Waals surface area (Å²) >= 11 is 5.76. The number of aromatic nitrogens is 2. The first-order chi connectivity index (χ1) is 13.8. The van der Waals surface area contributed by atoms with Crippen LogP contribution in [0.3, 0.4) is 0 Å². The molecule has 2 aliphatic rings. The third-order valence-electron chi connectivity index (χ3n) is 5.94. The molecule has 0 radical (unpaired) electrons. The van der Waals surface area contributed by atoms with Gasteiger partial charge in [-0.15, -0.1) is 0 Å². The number of nitrogens with one attached hydrogen (secondary N) is 1. The summed E-state index contributed by atoms with van der Waals surface area (Å²) in [7, 11) is 0. The highest BCUT2D eigenvalue weighted by Gasteiger charge is 2.42. The minimum atomic E-state index is 0.0127. The van der Waals surface area contributed by atoms with E-state index in [4.69, 9.17) is 16.6 Å². The zero-order valence-corrected chi connectivity index (χ0v) is 16.5. The van der Waals surface area contributed by atoms with Gasteiger partial charge >= 0.3 is 0 Å². The third-order valence-corrected chi connectivity index (χ3v) is 6.29. The number of rotatable bonds is 5. The predicted octanol–water partition coefficient (Wildman–Crippen LogP) is 4.76. The summed E-state index contributed by atoms with van der Waals surface area (Å²) in [6.07, 6.45) is 10.9. The van der Waals surface area contributed by atoms with Crippen LogP contribution in [0.25, 0.3) is 0 Å². The first kappa shape index (κ1) is 17.5. The van der Waals surface area contributed by atoms with Crippen LogP contribution < -0.4 is 5.32 Å². The Hall–Kier alpha value is -2.60. The first-order valence-electron chi connectivity index (χ1n) is 9.98. The van der Waals surface area contributed by atoms with Crippen LogP contribution in [0.15, 0.2) is 65.5 Å². The van der Waals surface area contributed by atoms with Gasteiger partial charge < -0.3 is 19.2 Å². The van der Waals surface area contributed by atoms with Crippen LogP contribution >= 0.6 is 12.2 Å². The van der Waals surface area contributed by atoms with Crippen molar-refractivity contribution in [1.82, 2.24) is 19.8 Å². The molecule has 5 rings (SSSR count). The van der Waals surface area contributed by atoms with Gasteiger partial charge in [0, 0.05) is 24.1 Å². The maximum Gasteiger partial charge on any atom is 0.170 e. The Labute approximate surface area is 170 Å². The smallest absolute Gasteiger partial charge is 0.170 e. The zero-order chi connectivity index (χ0) is 18.9. The molecule has 28 heavy (non-hydrogen) atoms. The summed E-state index contributed by atoms with van der Waals surface area (Å²) in [5.41, 5.74) is 2.30. The second-order valence-electron chi connectivity index (χ2n) is 7.61. The van der Waals surface area contributed by atoms with Crippen molar-refractivity contribution in [2.24, 2.45) is 0 Å². The molecule has 1 N–H and O–H groups in total. The standard InChI is InChI=1S/C22H24N4OS/c28-22-24-20(18-10-3-4-12-23-18)21(26(22)15-17-9-6-14-27-17)19-11-5-13-25(19)16-7-1-2-8-16/h3-6,9-14,16,20-21H,1-2,7-8,15H2,(H,24,28)/t20-,21-/m1/s1. The molecule has 3 aromatic heterocycles. The number of hydrogen-bond acceptors (Lipinski definition) is 3. The molecule has 1 aliphatic carbocycles. The van der Waals surface area contributed by atoms with Crippen LogP contribution in [0.1, 0.15) is 61.0 Å². The van der Waals surface area contributed by atoms with Crippen molar-refractivity contribution in [3.05, 3.63) is 78.3 Å². The summed E-state index contributed by atoms with van der Waals surface area (Å²) in [5.74, 6) is 0.912. The summed E-state index contributed by atoms with van der Waals surface area (Å²) in [6.45, 7) is 0.642. The Bertz CT molecular complexity index is 931. The predicted molar refractivity (Wildman–Crippen MR) is 112 cm³/mol. The lowest BCUT2D eigenvalue weighted by Crippen LogP contribution is -2.30. The largest absolute Gasteiger partial charge is 0.467 e. The van der Waals surface area contributed by atoms with Gasteiger partial charge in [-0.1, -0.05) is 18.9 Å². The highest BCUT2D eigenvalue weighted by Crippen LogP contribution is 2.42. The van der Waals surface area contributed by atoms with Gasteiger partial charge in [-0.3, -0.25) is 4.98 Å². The van der Waals surface area contributed by atoms with Crippen LogP contribution in [-0.4, -0.2) is 19.6 Å². The molecule has 0 amide bonds. The van der Waals surface area contributed by atoms with E-state index >= 15 is 0 Å². The quantitative estimate of drug-likeness (QED) is 0.634. The van der Waals surface area contributed by atoms with E-state index in [2.05, 4.69) is 44.2 Å². The van der Waals surface area contributed by atoms with Gasteiger partial charge in [-0.2, -0.15) is 0 Å². The van der Waals surface area contributed by atoms with E-state index in [-0.39, 0.29) is 12.1 Å². The van der Waals surface area contributed by atoms with Gasteiger partial charge in [0.2, 0.25) is 0 Å². The van der Waals surface area contributed by atoms with Crippen LogP contribution in [0.4, 0.5) is 0 Å². The van der Waals surface area contributed by atoms with E-state index in [1.54, 1.807) is 6.26 Å². The number of thiocarbonyl (C=S) groups is 1. The van der Waals surface area contributed by atoms with E-state index < -0.39 is 0 Å². The zero-order valence-electron chi connectivity index (χ0n) is 15.7. The highest BCUT2D eigenvalue weighted by molar-refractivity contribution is 7.80. The van der Waals surface area contributed by atoms with Crippen molar-refractivity contribution in [2.75, 3.05) is 0 Å². The molecule has 5 nitrogen and oxygen atoms in total. The monoisotopic (exact) mass is 392 g/mol. The van der Waals surface area contributed by atoms with Crippen molar-refractivity contribution in [3.63, 3.8) is 0 Å². The maximum absolute atomic E-state index is 5.76. The maximum atomic E-state index is 5.76. The van der Waals surface area contributed by atoms with Crippen LogP contribution in [0.2, 0.25) is 0 Å². The molecule has 144 valence electrons. The topological polar surface area (TPSA) is 46.2 Å². The molecule has 3 aromatic rings. The van der Waals surface area contributed by atoms with Crippen molar-refractivity contribution < 1.29 is 4.42 Å². The lowest BCUT2D eigenvalue weighted by molar-refractivity contribution is 0.271. The Morgan fingerprint density at radius 1 is 1.11 bits per heavy atom. The number of nitrogens with zero attached hydrogens (tertiary/aromatic N) is 3. The molecule has 6 heteroatoms. The third kappa shape index (κ3) is 3.11. The van der Waals surface area contributed by atoms with Gasteiger partial charge in [-0.25, -0.2) is 0 Å². The molecule has 2 atom stereocenters. The fraction of sp³-hybridized carbons (Fsp3) is 0.364. The lowest BCUT2D eigenvalue weighted by Gasteiger charge is -2.29. The van der Waals surface area contributed by atoms with Crippen LogP contribution in [0.5, 0.6) is 0 Å². The molecule has 2 fully saturated rings. The van der Waals surface area contributed by atoms with E-state index in [9.17, 15) is 0 Å².